The molecule has 0 amide bonds. The number of hydrogen-bond acceptors (Lipinski definition) is 6. The monoisotopic (exact) mass is 577 g/mol. The lowest BCUT2D eigenvalue weighted by molar-refractivity contribution is -0.605. The summed E-state index contributed by atoms with van der Waals surface area (Å²) in [6.45, 7) is -2.79. The summed E-state index contributed by atoms with van der Waals surface area (Å²) in [5, 5.41) is 12.8. The van der Waals surface area contributed by atoms with E-state index in [9.17, 15) is 18.8 Å². The highest BCUT2D eigenvalue weighted by atomic mass is 35.5. The Balaban J connectivity index is 1.45. The number of ether oxygens (including phenoxy) is 3. The molecule has 0 bridgehead atoms. The number of pyridine rings is 2. The number of hydrogen-bond donors (Lipinski definition) is 0. The SMILES string of the molecule is O=C(Cn1ccc2cnccc21)O[C@@H](Cc1c(Cl)c[n+]([O-])cc1Cl)c1ccc(OC(F)F)c(OCC2CC2)c1. The Kier molecular flexibility index (Phi) is 8.04. The maximum atomic E-state index is 13.1. The summed E-state index contributed by atoms with van der Waals surface area (Å²) in [6.07, 6.45) is 8.42. The Morgan fingerprint density at radius 1 is 1.15 bits per heavy atom. The van der Waals surface area contributed by atoms with Crippen molar-refractivity contribution in [2.75, 3.05) is 6.61 Å². The Morgan fingerprint density at radius 2 is 1.92 bits per heavy atom. The number of rotatable bonds is 11. The minimum atomic E-state index is -3.04. The predicted molar refractivity (Wildman–Crippen MR) is 139 cm³/mol. The largest absolute Gasteiger partial charge is 0.619 e. The van der Waals surface area contributed by atoms with Gasteiger partial charge in [-0.05, 0) is 48.6 Å². The van der Waals surface area contributed by atoms with Crippen LogP contribution >= 0.6 is 23.2 Å². The molecule has 0 saturated heterocycles. The Hall–Kier alpha value is -3.63. The Labute approximate surface area is 232 Å². The molecule has 5 rings (SSSR count). The van der Waals surface area contributed by atoms with Crippen LogP contribution in [-0.4, -0.2) is 28.7 Å². The predicted octanol–water partition coefficient (Wildman–Crippen LogP) is 5.89. The molecule has 1 aliphatic carbocycles. The van der Waals surface area contributed by atoms with Gasteiger partial charge >= 0.3 is 12.6 Å². The third kappa shape index (κ3) is 6.69. The van der Waals surface area contributed by atoms with E-state index in [1.54, 1.807) is 29.2 Å². The molecule has 0 radical (unpaired) electrons. The van der Waals surface area contributed by atoms with Gasteiger partial charge < -0.3 is 24.0 Å². The van der Waals surface area contributed by atoms with Crippen LogP contribution in [-0.2, 0) is 22.5 Å². The topological polar surface area (TPSA) is 89.5 Å². The van der Waals surface area contributed by atoms with Gasteiger partial charge in [0.15, 0.2) is 23.9 Å². The van der Waals surface area contributed by atoms with Crippen LogP contribution in [0.2, 0.25) is 10.0 Å². The van der Waals surface area contributed by atoms with Crippen molar-refractivity contribution in [3.63, 3.8) is 0 Å². The van der Waals surface area contributed by atoms with Gasteiger partial charge in [0.2, 0.25) is 0 Å². The average Bonchev–Trinajstić information content (AvgIpc) is 3.64. The molecule has 204 valence electrons. The number of benzene rings is 1. The fourth-order valence-electron chi connectivity index (χ4n) is 4.17. The molecule has 12 heteroatoms. The number of alkyl halides is 2. The molecule has 0 spiro atoms. The number of carbonyl (C=O) groups excluding carboxylic acids is 1. The number of fused-ring (bicyclic) bond motifs is 1. The van der Waals surface area contributed by atoms with E-state index in [1.165, 1.54) is 18.2 Å². The van der Waals surface area contributed by atoms with Crippen LogP contribution in [0.15, 0.2) is 61.3 Å². The van der Waals surface area contributed by atoms with E-state index in [-0.39, 0.29) is 34.5 Å². The molecule has 1 saturated carbocycles. The standard InChI is InChI=1S/C27H23Cl2F2N3O5/c28-20-12-34(36)13-21(29)19(20)10-24(38-26(35)14-33-8-6-18-11-32-7-5-22(18)33)17-3-4-23(39-27(30)31)25(9-17)37-15-16-1-2-16/h3-9,11-13,16,24,27H,1-2,10,14-15H2/t24-/m0/s1. The smallest absolute Gasteiger partial charge is 0.387 e. The molecule has 8 nitrogen and oxygen atoms in total. The Bertz CT molecular complexity index is 1470. The molecule has 0 aliphatic heterocycles. The van der Waals surface area contributed by atoms with Gasteiger partial charge in [0.25, 0.3) is 0 Å². The summed E-state index contributed by atoms with van der Waals surface area (Å²) in [7, 11) is 0. The van der Waals surface area contributed by atoms with Gasteiger partial charge in [-0.25, -0.2) is 0 Å². The van der Waals surface area contributed by atoms with Crippen LogP contribution in [0.4, 0.5) is 8.78 Å². The van der Waals surface area contributed by atoms with Crippen molar-refractivity contribution >= 4 is 40.1 Å². The molecule has 0 unspecified atom stereocenters. The molecule has 1 atom stereocenters. The van der Waals surface area contributed by atoms with Gasteiger partial charge in [-0.2, -0.15) is 13.5 Å². The lowest BCUT2D eigenvalue weighted by Gasteiger charge is -2.21. The van der Waals surface area contributed by atoms with Crippen LogP contribution in [0, 0.1) is 11.1 Å². The normalized spacial score (nSPS) is 14.0. The molecule has 1 aliphatic rings. The second-order valence-electron chi connectivity index (χ2n) is 9.19. The van der Waals surface area contributed by atoms with E-state index in [1.807, 2.05) is 6.07 Å². The Morgan fingerprint density at radius 3 is 2.64 bits per heavy atom. The van der Waals surface area contributed by atoms with E-state index >= 15 is 0 Å². The number of esters is 1. The quantitative estimate of drug-likeness (QED) is 0.125. The summed E-state index contributed by atoms with van der Waals surface area (Å²) in [4.78, 5) is 17.2. The third-order valence-corrected chi connectivity index (χ3v) is 6.97. The summed E-state index contributed by atoms with van der Waals surface area (Å²) in [6, 6.07) is 7.98. The number of carbonyl (C=O) groups is 1. The fraction of sp³-hybridized carbons (Fsp3) is 0.296. The van der Waals surface area contributed by atoms with Crippen molar-refractivity contribution in [1.29, 1.82) is 0 Å². The zero-order chi connectivity index (χ0) is 27.5. The lowest BCUT2D eigenvalue weighted by atomic mass is 10.0. The van der Waals surface area contributed by atoms with Gasteiger partial charge in [-0.1, -0.05) is 29.3 Å². The van der Waals surface area contributed by atoms with Crippen molar-refractivity contribution in [2.45, 2.75) is 38.5 Å². The first-order chi connectivity index (χ1) is 18.8. The lowest BCUT2D eigenvalue weighted by Crippen LogP contribution is -2.26. The molecular weight excluding hydrogens is 555 g/mol. The van der Waals surface area contributed by atoms with Gasteiger partial charge in [0.05, 0.1) is 12.1 Å². The molecular formula is C27H23Cl2F2N3O5. The van der Waals surface area contributed by atoms with E-state index in [0.29, 0.717) is 28.4 Å². The molecule has 3 heterocycles. The van der Waals surface area contributed by atoms with Crippen molar-refractivity contribution in [3.8, 4) is 11.5 Å². The van der Waals surface area contributed by atoms with Crippen LogP contribution in [0.3, 0.4) is 0 Å². The second-order valence-corrected chi connectivity index (χ2v) is 10.0. The van der Waals surface area contributed by atoms with Crippen LogP contribution in [0.1, 0.15) is 30.1 Å². The van der Waals surface area contributed by atoms with E-state index < -0.39 is 18.7 Å². The van der Waals surface area contributed by atoms with Crippen LogP contribution in [0.25, 0.3) is 10.9 Å². The van der Waals surface area contributed by atoms with E-state index in [0.717, 1.165) is 36.1 Å². The van der Waals surface area contributed by atoms with Gasteiger partial charge in [-0.3, -0.25) is 9.78 Å². The number of halogens is 4. The second kappa shape index (κ2) is 11.6. The average molecular weight is 578 g/mol. The minimum Gasteiger partial charge on any atom is -0.619 e. The van der Waals surface area contributed by atoms with Gasteiger partial charge in [0, 0.05) is 36.0 Å². The summed E-state index contributed by atoms with van der Waals surface area (Å²) >= 11 is 12.6. The maximum absolute atomic E-state index is 13.1. The van der Waals surface area contributed by atoms with Crippen LogP contribution < -0.4 is 14.2 Å². The first-order valence-corrected chi connectivity index (χ1v) is 12.9. The van der Waals surface area contributed by atoms with Gasteiger partial charge in [0.1, 0.15) is 22.7 Å². The zero-order valence-corrected chi connectivity index (χ0v) is 21.9. The van der Waals surface area contributed by atoms with Gasteiger partial charge in [-0.15, -0.1) is 0 Å². The molecule has 4 aromatic rings. The maximum Gasteiger partial charge on any atom is 0.387 e. The highest BCUT2D eigenvalue weighted by Gasteiger charge is 2.26. The number of nitrogens with zero attached hydrogens (tertiary/aromatic N) is 3. The number of aromatic nitrogens is 3. The van der Waals surface area contributed by atoms with E-state index in [2.05, 4.69) is 9.72 Å². The first kappa shape index (κ1) is 27.0. The molecule has 1 aromatic carbocycles. The van der Waals surface area contributed by atoms with Crippen molar-refractivity contribution in [1.82, 2.24) is 9.55 Å². The molecule has 0 N–H and O–H groups in total. The van der Waals surface area contributed by atoms with Crippen molar-refractivity contribution in [3.05, 3.63) is 87.7 Å². The molecule has 3 aromatic heterocycles. The highest BCUT2D eigenvalue weighted by molar-refractivity contribution is 6.35. The first-order valence-electron chi connectivity index (χ1n) is 12.1. The minimum absolute atomic E-state index is 0.0116. The highest BCUT2D eigenvalue weighted by Crippen LogP contribution is 2.38. The summed E-state index contributed by atoms with van der Waals surface area (Å²) in [5.74, 6) is -0.235. The third-order valence-electron chi connectivity index (χ3n) is 6.32. The van der Waals surface area contributed by atoms with E-state index in [4.69, 9.17) is 32.7 Å². The summed E-state index contributed by atoms with van der Waals surface area (Å²) in [5.41, 5.74) is 1.63. The van der Waals surface area contributed by atoms with Crippen LogP contribution in [0.5, 0.6) is 11.5 Å². The van der Waals surface area contributed by atoms with Crippen molar-refractivity contribution in [2.24, 2.45) is 5.92 Å². The molecule has 39 heavy (non-hydrogen) atoms. The zero-order valence-electron chi connectivity index (χ0n) is 20.4. The fourth-order valence-corrected chi connectivity index (χ4v) is 4.77. The van der Waals surface area contributed by atoms with Crippen molar-refractivity contribution < 1.29 is 32.5 Å². The summed E-state index contributed by atoms with van der Waals surface area (Å²) < 4.78 is 44.6. The molecule has 1 fully saturated rings.